The molecule has 1 unspecified atom stereocenters. The summed E-state index contributed by atoms with van der Waals surface area (Å²) in [4.78, 5) is 23.7. The number of nitrogens with zero attached hydrogens (tertiary/aromatic N) is 3. The molecule has 0 saturated carbocycles. The number of carbonyl (C=O) groups is 2. The van der Waals surface area contributed by atoms with E-state index in [0.29, 0.717) is 18.5 Å². The Labute approximate surface area is 185 Å². The fourth-order valence-corrected chi connectivity index (χ4v) is 3.98. The Balaban J connectivity index is 1.74. The number of amides is 1. The number of thioether (sulfide) groups is 1. The summed E-state index contributed by atoms with van der Waals surface area (Å²) in [6.45, 7) is 3.59. The Hall–Kier alpha value is -2.59. The molecule has 1 amide bonds. The molecular formula is C20H18ClF3N4O2S. The molecule has 3 aromatic rings. The standard InChI is InChI=1S/C20H18ClF3N4O2S/c1-11(17(30)14-5-3-13(4-6-14)7-8-25-12(2)29)31-19-27-26-18-16(21)9-15(10-28(18)19)20(22,23)24/h3-6,9-11H,7-8H2,1-2H3,(H,25,29). The van der Waals surface area contributed by atoms with Crippen molar-refractivity contribution in [2.45, 2.75) is 36.9 Å². The van der Waals surface area contributed by atoms with Crippen molar-refractivity contribution >= 4 is 40.7 Å². The van der Waals surface area contributed by atoms with E-state index in [-0.39, 0.29) is 27.5 Å². The summed E-state index contributed by atoms with van der Waals surface area (Å²) in [6.07, 6.45) is -3.08. The van der Waals surface area contributed by atoms with E-state index >= 15 is 0 Å². The van der Waals surface area contributed by atoms with Crippen LogP contribution in [0.5, 0.6) is 0 Å². The lowest BCUT2D eigenvalue weighted by Crippen LogP contribution is -2.22. The minimum Gasteiger partial charge on any atom is -0.356 e. The lowest BCUT2D eigenvalue weighted by molar-refractivity contribution is -0.137. The Kier molecular flexibility index (Phi) is 6.90. The van der Waals surface area contributed by atoms with Gasteiger partial charge in [-0.2, -0.15) is 13.2 Å². The van der Waals surface area contributed by atoms with E-state index in [1.165, 1.54) is 6.92 Å². The van der Waals surface area contributed by atoms with Gasteiger partial charge in [0, 0.05) is 25.2 Å². The first-order chi connectivity index (χ1) is 14.6. The van der Waals surface area contributed by atoms with Crippen LogP contribution in [0.25, 0.3) is 5.65 Å². The largest absolute Gasteiger partial charge is 0.417 e. The van der Waals surface area contributed by atoms with Gasteiger partial charge in [0.05, 0.1) is 15.8 Å². The molecule has 0 spiro atoms. The average molecular weight is 471 g/mol. The molecule has 0 saturated heterocycles. The number of benzene rings is 1. The van der Waals surface area contributed by atoms with Crippen LogP contribution >= 0.6 is 23.4 Å². The first-order valence-corrected chi connectivity index (χ1v) is 10.5. The van der Waals surface area contributed by atoms with Crippen LogP contribution in [0.1, 0.15) is 35.3 Å². The molecule has 0 radical (unpaired) electrons. The first-order valence-electron chi connectivity index (χ1n) is 9.22. The number of hydrogen-bond donors (Lipinski definition) is 1. The zero-order valence-electron chi connectivity index (χ0n) is 16.5. The van der Waals surface area contributed by atoms with Crippen LogP contribution in [0.3, 0.4) is 0 Å². The second-order valence-corrected chi connectivity index (χ2v) is 8.52. The molecule has 0 bridgehead atoms. The highest BCUT2D eigenvalue weighted by Gasteiger charge is 2.32. The predicted molar refractivity (Wildman–Crippen MR) is 111 cm³/mol. The summed E-state index contributed by atoms with van der Waals surface area (Å²) < 4.78 is 40.4. The van der Waals surface area contributed by atoms with Gasteiger partial charge in [0.25, 0.3) is 0 Å². The SMILES string of the molecule is CC(=O)NCCc1ccc(C(=O)C(C)Sc2nnc3c(Cl)cc(C(F)(F)F)cn23)cc1. The fourth-order valence-electron chi connectivity index (χ4n) is 2.83. The lowest BCUT2D eigenvalue weighted by Gasteiger charge is -2.11. The summed E-state index contributed by atoms with van der Waals surface area (Å²) in [6, 6.07) is 7.76. The predicted octanol–water partition coefficient (Wildman–Crippen LogP) is 4.44. The highest BCUT2D eigenvalue weighted by Crippen LogP contribution is 2.34. The van der Waals surface area contributed by atoms with Crippen molar-refractivity contribution in [3.05, 3.63) is 58.2 Å². The monoisotopic (exact) mass is 470 g/mol. The van der Waals surface area contributed by atoms with Gasteiger partial charge in [-0.1, -0.05) is 47.6 Å². The van der Waals surface area contributed by atoms with E-state index in [1.807, 2.05) is 0 Å². The first kappa shape index (κ1) is 23.1. The quantitative estimate of drug-likeness (QED) is 0.408. The number of fused-ring (bicyclic) bond motifs is 1. The number of nitrogens with one attached hydrogen (secondary N) is 1. The maximum absolute atomic E-state index is 13.1. The number of hydrogen-bond acceptors (Lipinski definition) is 5. The van der Waals surface area contributed by atoms with Gasteiger partial charge in [-0.15, -0.1) is 10.2 Å². The van der Waals surface area contributed by atoms with E-state index in [4.69, 9.17) is 11.6 Å². The molecule has 3 rings (SSSR count). The Morgan fingerprint density at radius 2 is 1.90 bits per heavy atom. The molecule has 0 aliphatic heterocycles. The summed E-state index contributed by atoms with van der Waals surface area (Å²) in [5.41, 5.74) is 0.579. The number of carbonyl (C=O) groups excluding carboxylic acids is 2. The van der Waals surface area contributed by atoms with E-state index < -0.39 is 17.0 Å². The van der Waals surface area contributed by atoms with Crippen molar-refractivity contribution in [2.24, 2.45) is 0 Å². The molecule has 0 aliphatic carbocycles. The van der Waals surface area contributed by atoms with E-state index in [1.54, 1.807) is 31.2 Å². The normalized spacial score (nSPS) is 12.7. The molecule has 164 valence electrons. The van der Waals surface area contributed by atoms with Crippen LogP contribution in [-0.2, 0) is 17.4 Å². The van der Waals surface area contributed by atoms with Gasteiger partial charge in [0.1, 0.15) is 0 Å². The van der Waals surface area contributed by atoms with Crippen LogP contribution in [-0.4, -0.2) is 38.1 Å². The van der Waals surface area contributed by atoms with Crippen LogP contribution in [0.15, 0.2) is 41.7 Å². The number of Topliss-reactive ketones (excluding diaryl/α,β-unsaturated/α-hetero) is 1. The van der Waals surface area contributed by atoms with Crippen molar-refractivity contribution < 1.29 is 22.8 Å². The highest BCUT2D eigenvalue weighted by molar-refractivity contribution is 8.00. The molecule has 0 aliphatic rings. The number of aromatic nitrogens is 3. The zero-order chi connectivity index (χ0) is 22.8. The molecule has 31 heavy (non-hydrogen) atoms. The summed E-state index contributed by atoms with van der Waals surface area (Å²) in [7, 11) is 0. The third-order valence-electron chi connectivity index (χ3n) is 4.43. The summed E-state index contributed by atoms with van der Waals surface area (Å²) in [5, 5.41) is 9.77. The molecule has 0 fully saturated rings. The van der Waals surface area contributed by atoms with Crippen LogP contribution < -0.4 is 5.32 Å². The minimum atomic E-state index is -4.58. The van der Waals surface area contributed by atoms with Crippen LogP contribution in [0, 0.1) is 0 Å². The molecule has 2 aromatic heterocycles. The van der Waals surface area contributed by atoms with E-state index in [0.717, 1.165) is 34.0 Å². The molecular weight excluding hydrogens is 453 g/mol. The van der Waals surface area contributed by atoms with Crippen molar-refractivity contribution in [1.82, 2.24) is 19.9 Å². The number of rotatable bonds is 7. The molecule has 11 heteroatoms. The van der Waals surface area contributed by atoms with Crippen LogP contribution in [0.2, 0.25) is 5.02 Å². The maximum atomic E-state index is 13.1. The second kappa shape index (κ2) is 9.27. The molecule has 2 heterocycles. The average Bonchev–Trinajstić information content (AvgIpc) is 3.10. The summed E-state index contributed by atoms with van der Waals surface area (Å²) >= 11 is 6.92. The molecule has 6 nitrogen and oxygen atoms in total. The van der Waals surface area contributed by atoms with Gasteiger partial charge in [-0.05, 0) is 25.0 Å². The van der Waals surface area contributed by atoms with Crippen molar-refractivity contribution in [2.75, 3.05) is 6.54 Å². The number of halogens is 4. The zero-order valence-corrected chi connectivity index (χ0v) is 18.1. The Bertz CT molecular complexity index is 1120. The second-order valence-electron chi connectivity index (χ2n) is 6.80. The molecule has 1 N–H and O–H groups in total. The lowest BCUT2D eigenvalue weighted by atomic mass is 10.0. The van der Waals surface area contributed by atoms with Gasteiger partial charge in [0.15, 0.2) is 16.6 Å². The minimum absolute atomic E-state index is 0.0836. The van der Waals surface area contributed by atoms with E-state index in [2.05, 4.69) is 15.5 Å². The van der Waals surface area contributed by atoms with Crippen molar-refractivity contribution in [3.63, 3.8) is 0 Å². The maximum Gasteiger partial charge on any atom is 0.417 e. The van der Waals surface area contributed by atoms with Gasteiger partial charge in [-0.25, -0.2) is 0 Å². The highest BCUT2D eigenvalue weighted by atomic mass is 35.5. The summed E-state index contributed by atoms with van der Waals surface area (Å²) in [5.74, 6) is -0.310. The van der Waals surface area contributed by atoms with Crippen molar-refractivity contribution in [1.29, 1.82) is 0 Å². The Morgan fingerprint density at radius 1 is 1.23 bits per heavy atom. The third-order valence-corrected chi connectivity index (χ3v) is 5.77. The smallest absolute Gasteiger partial charge is 0.356 e. The Morgan fingerprint density at radius 3 is 2.52 bits per heavy atom. The molecule has 1 aromatic carbocycles. The number of pyridine rings is 1. The van der Waals surface area contributed by atoms with E-state index in [9.17, 15) is 22.8 Å². The van der Waals surface area contributed by atoms with Crippen LogP contribution in [0.4, 0.5) is 13.2 Å². The third kappa shape index (κ3) is 5.56. The van der Waals surface area contributed by atoms with Gasteiger partial charge < -0.3 is 5.32 Å². The molecule has 1 atom stereocenters. The van der Waals surface area contributed by atoms with Gasteiger partial charge in [-0.3, -0.25) is 14.0 Å². The topological polar surface area (TPSA) is 76.4 Å². The number of ketones is 1. The fraction of sp³-hybridized carbons (Fsp3) is 0.300. The van der Waals surface area contributed by atoms with Gasteiger partial charge >= 0.3 is 6.18 Å². The van der Waals surface area contributed by atoms with Gasteiger partial charge in [0.2, 0.25) is 5.91 Å². The number of alkyl halides is 3. The van der Waals surface area contributed by atoms with Crippen molar-refractivity contribution in [3.8, 4) is 0 Å².